The van der Waals surface area contributed by atoms with Crippen LogP contribution in [0, 0.1) is 0 Å². The van der Waals surface area contributed by atoms with Crippen molar-refractivity contribution in [3.63, 3.8) is 0 Å². The molecule has 3 rings (SSSR count). The molecule has 0 spiro atoms. The van der Waals surface area contributed by atoms with Crippen LogP contribution in [0.5, 0.6) is 0 Å². The van der Waals surface area contributed by atoms with E-state index in [0.717, 1.165) is 12.0 Å². The lowest BCUT2D eigenvalue weighted by Gasteiger charge is -2.06. The third-order valence-electron chi connectivity index (χ3n) is 3.07. The standard InChI is InChI=1S/C14H12O/c15-9-12-6-3-5-11-8-10-4-1-2-7-13(10)14(11)12/h1-7,15H,8-9H2. The lowest BCUT2D eigenvalue weighted by atomic mass is 10.0. The number of hydrogen-bond acceptors (Lipinski definition) is 1. The van der Waals surface area contributed by atoms with Crippen LogP contribution in [-0.4, -0.2) is 5.11 Å². The van der Waals surface area contributed by atoms with Gasteiger partial charge in [0, 0.05) is 0 Å². The SMILES string of the molecule is OCc1cccc2c1-c1ccccc1C2. The summed E-state index contributed by atoms with van der Waals surface area (Å²) in [4.78, 5) is 0. The second-order valence-corrected chi connectivity index (χ2v) is 3.94. The number of benzene rings is 2. The maximum Gasteiger partial charge on any atom is 0.0687 e. The van der Waals surface area contributed by atoms with Crippen molar-refractivity contribution >= 4 is 0 Å². The fraction of sp³-hybridized carbons (Fsp3) is 0.143. The first-order valence-electron chi connectivity index (χ1n) is 5.20. The molecule has 1 nitrogen and oxygen atoms in total. The molecule has 1 aliphatic rings. The first-order valence-corrected chi connectivity index (χ1v) is 5.20. The van der Waals surface area contributed by atoms with Gasteiger partial charge in [-0.1, -0.05) is 42.5 Å². The van der Waals surface area contributed by atoms with E-state index in [1.807, 2.05) is 12.1 Å². The summed E-state index contributed by atoms with van der Waals surface area (Å²) in [6, 6.07) is 14.6. The Labute approximate surface area is 89.0 Å². The van der Waals surface area contributed by atoms with E-state index < -0.39 is 0 Å². The van der Waals surface area contributed by atoms with Crippen LogP contribution in [0.25, 0.3) is 11.1 Å². The normalized spacial score (nSPS) is 12.3. The second kappa shape index (κ2) is 3.21. The lowest BCUT2D eigenvalue weighted by molar-refractivity contribution is 0.282. The Hall–Kier alpha value is -1.60. The highest BCUT2D eigenvalue weighted by atomic mass is 16.3. The highest BCUT2D eigenvalue weighted by Crippen LogP contribution is 2.38. The number of aliphatic hydroxyl groups is 1. The molecule has 2 aromatic rings. The van der Waals surface area contributed by atoms with E-state index in [1.54, 1.807) is 0 Å². The van der Waals surface area contributed by atoms with Crippen LogP contribution >= 0.6 is 0 Å². The van der Waals surface area contributed by atoms with Crippen LogP contribution in [-0.2, 0) is 13.0 Å². The van der Waals surface area contributed by atoms with Crippen molar-refractivity contribution in [1.29, 1.82) is 0 Å². The zero-order valence-electron chi connectivity index (χ0n) is 8.40. The van der Waals surface area contributed by atoms with Gasteiger partial charge < -0.3 is 5.11 Å². The van der Waals surface area contributed by atoms with Crippen molar-refractivity contribution in [3.8, 4) is 11.1 Å². The van der Waals surface area contributed by atoms with Crippen LogP contribution in [0.15, 0.2) is 42.5 Å². The quantitative estimate of drug-likeness (QED) is 0.634. The molecule has 1 N–H and O–H groups in total. The molecular weight excluding hydrogens is 184 g/mol. The van der Waals surface area contributed by atoms with Gasteiger partial charge in [0.1, 0.15) is 0 Å². The minimum atomic E-state index is 0.123. The van der Waals surface area contributed by atoms with E-state index in [0.29, 0.717) is 0 Å². The first kappa shape index (κ1) is 8.69. The Bertz CT molecular complexity index is 514. The fourth-order valence-corrected chi connectivity index (χ4v) is 2.40. The molecule has 1 heteroatoms. The second-order valence-electron chi connectivity index (χ2n) is 3.94. The van der Waals surface area contributed by atoms with Crippen LogP contribution in [0.4, 0.5) is 0 Å². The summed E-state index contributed by atoms with van der Waals surface area (Å²) < 4.78 is 0. The van der Waals surface area contributed by atoms with Gasteiger partial charge in [-0.05, 0) is 34.2 Å². The van der Waals surface area contributed by atoms with Crippen molar-refractivity contribution in [2.24, 2.45) is 0 Å². The van der Waals surface area contributed by atoms with E-state index in [1.165, 1.54) is 22.3 Å². The fourth-order valence-electron chi connectivity index (χ4n) is 2.40. The van der Waals surface area contributed by atoms with Gasteiger partial charge in [0.2, 0.25) is 0 Å². The third kappa shape index (κ3) is 1.20. The highest BCUT2D eigenvalue weighted by Gasteiger charge is 2.19. The van der Waals surface area contributed by atoms with Crippen LogP contribution in [0.2, 0.25) is 0 Å². The summed E-state index contributed by atoms with van der Waals surface area (Å²) >= 11 is 0. The lowest BCUT2D eigenvalue weighted by Crippen LogP contribution is -1.89. The Morgan fingerprint density at radius 1 is 0.933 bits per heavy atom. The molecule has 74 valence electrons. The average Bonchev–Trinajstić information content (AvgIpc) is 2.67. The zero-order chi connectivity index (χ0) is 10.3. The van der Waals surface area contributed by atoms with E-state index in [4.69, 9.17) is 0 Å². The van der Waals surface area contributed by atoms with Crippen LogP contribution in [0.3, 0.4) is 0 Å². The Balaban J connectivity index is 2.30. The van der Waals surface area contributed by atoms with Gasteiger partial charge in [-0.25, -0.2) is 0 Å². The van der Waals surface area contributed by atoms with Gasteiger partial charge >= 0.3 is 0 Å². The maximum atomic E-state index is 9.33. The molecular formula is C14H12O. The molecule has 0 unspecified atom stereocenters. The smallest absolute Gasteiger partial charge is 0.0687 e. The molecule has 2 aromatic carbocycles. The number of hydrogen-bond donors (Lipinski definition) is 1. The minimum absolute atomic E-state index is 0.123. The van der Waals surface area contributed by atoms with Gasteiger partial charge in [0.05, 0.1) is 6.61 Å². The van der Waals surface area contributed by atoms with Crippen LogP contribution in [0.1, 0.15) is 16.7 Å². The van der Waals surface area contributed by atoms with Crippen molar-refractivity contribution < 1.29 is 5.11 Å². The molecule has 0 aromatic heterocycles. The maximum absolute atomic E-state index is 9.33. The molecule has 0 saturated heterocycles. The molecule has 0 atom stereocenters. The third-order valence-corrected chi connectivity index (χ3v) is 3.07. The predicted molar refractivity (Wildman–Crippen MR) is 60.6 cm³/mol. The van der Waals surface area contributed by atoms with Crippen molar-refractivity contribution in [3.05, 3.63) is 59.2 Å². The molecule has 0 aliphatic heterocycles. The summed E-state index contributed by atoms with van der Waals surface area (Å²) in [6.45, 7) is 0.123. The summed E-state index contributed by atoms with van der Waals surface area (Å²) in [7, 11) is 0. The highest BCUT2D eigenvalue weighted by molar-refractivity contribution is 5.79. The molecule has 0 saturated carbocycles. The summed E-state index contributed by atoms with van der Waals surface area (Å²) in [5, 5.41) is 9.33. The van der Waals surface area contributed by atoms with Gasteiger partial charge in [-0.3, -0.25) is 0 Å². The van der Waals surface area contributed by atoms with E-state index >= 15 is 0 Å². The average molecular weight is 196 g/mol. The zero-order valence-corrected chi connectivity index (χ0v) is 8.40. The topological polar surface area (TPSA) is 20.2 Å². The molecule has 1 aliphatic carbocycles. The summed E-state index contributed by atoms with van der Waals surface area (Å²) in [5.74, 6) is 0. The molecule has 0 heterocycles. The first-order chi connectivity index (χ1) is 7.40. The molecule has 0 radical (unpaired) electrons. The van der Waals surface area contributed by atoms with Crippen molar-refractivity contribution in [2.75, 3.05) is 0 Å². The van der Waals surface area contributed by atoms with E-state index in [9.17, 15) is 5.11 Å². The van der Waals surface area contributed by atoms with Crippen molar-refractivity contribution in [1.82, 2.24) is 0 Å². The van der Waals surface area contributed by atoms with Crippen molar-refractivity contribution in [2.45, 2.75) is 13.0 Å². The van der Waals surface area contributed by atoms with Gasteiger partial charge in [0.25, 0.3) is 0 Å². The predicted octanol–water partition coefficient (Wildman–Crippen LogP) is 2.75. The monoisotopic (exact) mass is 196 g/mol. The number of aliphatic hydroxyl groups excluding tert-OH is 1. The molecule has 0 bridgehead atoms. The summed E-state index contributed by atoms with van der Waals surface area (Å²) in [5.41, 5.74) is 6.28. The van der Waals surface area contributed by atoms with E-state index in [-0.39, 0.29) is 6.61 Å². The van der Waals surface area contributed by atoms with Gasteiger partial charge in [-0.15, -0.1) is 0 Å². The Kier molecular flexibility index (Phi) is 1.86. The van der Waals surface area contributed by atoms with Gasteiger partial charge in [-0.2, -0.15) is 0 Å². The van der Waals surface area contributed by atoms with Crippen LogP contribution < -0.4 is 0 Å². The Morgan fingerprint density at radius 2 is 1.73 bits per heavy atom. The minimum Gasteiger partial charge on any atom is -0.392 e. The molecule has 0 fully saturated rings. The molecule has 0 amide bonds. The van der Waals surface area contributed by atoms with E-state index in [2.05, 4.69) is 30.3 Å². The Morgan fingerprint density at radius 3 is 2.60 bits per heavy atom. The van der Waals surface area contributed by atoms with Gasteiger partial charge in [0.15, 0.2) is 0 Å². The molecule has 15 heavy (non-hydrogen) atoms. The number of rotatable bonds is 1. The largest absolute Gasteiger partial charge is 0.392 e. The summed E-state index contributed by atoms with van der Waals surface area (Å²) in [6.07, 6.45) is 0.999. The number of fused-ring (bicyclic) bond motifs is 3.